The van der Waals surface area contributed by atoms with E-state index in [9.17, 15) is 0 Å². The van der Waals surface area contributed by atoms with Gasteiger partial charge in [-0.05, 0) is 11.8 Å². The van der Waals surface area contributed by atoms with Crippen molar-refractivity contribution in [3.8, 4) is 0 Å². The lowest BCUT2D eigenvalue weighted by Gasteiger charge is -2.22. The molecule has 0 saturated carbocycles. The Labute approximate surface area is 69.0 Å². The molecule has 0 aromatic heterocycles. The topological polar surface area (TPSA) is 24.1 Å². The van der Waals surface area contributed by atoms with Crippen molar-refractivity contribution < 1.29 is 0 Å². The minimum atomic E-state index is 0.404. The first kappa shape index (κ1) is 8.60. The van der Waals surface area contributed by atoms with Crippen molar-refractivity contribution in [3.05, 3.63) is 12.3 Å². The SMILES string of the molecule is C=C1NNCC1CC(C)(C)C. The van der Waals surface area contributed by atoms with Gasteiger partial charge in [-0.15, -0.1) is 0 Å². The smallest absolute Gasteiger partial charge is 0.0234 e. The molecule has 11 heavy (non-hydrogen) atoms. The molecule has 0 aromatic carbocycles. The van der Waals surface area contributed by atoms with Crippen molar-refractivity contribution in [2.45, 2.75) is 27.2 Å². The maximum absolute atomic E-state index is 3.95. The van der Waals surface area contributed by atoms with Crippen molar-refractivity contribution in [3.63, 3.8) is 0 Å². The van der Waals surface area contributed by atoms with Gasteiger partial charge in [0.25, 0.3) is 0 Å². The molecule has 1 rings (SSSR count). The van der Waals surface area contributed by atoms with E-state index in [0.29, 0.717) is 11.3 Å². The summed E-state index contributed by atoms with van der Waals surface area (Å²) in [5.41, 5.74) is 7.69. The summed E-state index contributed by atoms with van der Waals surface area (Å²) in [5.74, 6) is 0.606. The van der Waals surface area contributed by atoms with Gasteiger partial charge in [-0.3, -0.25) is 0 Å². The Balaban J connectivity index is 2.43. The quantitative estimate of drug-likeness (QED) is 0.600. The van der Waals surface area contributed by atoms with E-state index < -0.39 is 0 Å². The number of rotatable bonds is 1. The molecule has 0 aliphatic carbocycles. The molecule has 64 valence electrons. The third-order valence-electron chi connectivity index (χ3n) is 1.95. The standard InChI is InChI=1S/C9H18N2/c1-7-8(6-10-11-7)5-9(2,3)4/h8,10-11H,1,5-6H2,2-4H3. The molecule has 1 saturated heterocycles. The zero-order valence-corrected chi connectivity index (χ0v) is 7.70. The number of nitrogens with one attached hydrogen (secondary N) is 2. The Hall–Kier alpha value is -0.500. The van der Waals surface area contributed by atoms with E-state index in [0.717, 1.165) is 12.2 Å². The molecule has 0 amide bonds. The van der Waals surface area contributed by atoms with Gasteiger partial charge in [0.15, 0.2) is 0 Å². The van der Waals surface area contributed by atoms with Crippen LogP contribution in [-0.4, -0.2) is 6.54 Å². The first-order chi connectivity index (χ1) is 4.99. The summed E-state index contributed by atoms with van der Waals surface area (Å²) in [6.45, 7) is 11.8. The first-order valence-electron chi connectivity index (χ1n) is 4.17. The maximum Gasteiger partial charge on any atom is 0.0234 e. The van der Waals surface area contributed by atoms with E-state index >= 15 is 0 Å². The van der Waals surface area contributed by atoms with Crippen LogP contribution in [0.4, 0.5) is 0 Å². The minimum absolute atomic E-state index is 0.404. The highest BCUT2D eigenvalue weighted by Crippen LogP contribution is 2.28. The fourth-order valence-corrected chi connectivity index (χ4v) is 1.45. The van der Waals surface area contributed by atoms with E-state index in [1.165, 1.54) is 6.42 Å². The van der Waals surface area contributed by atoms with Gasteiger partial charge in [-0.2, -0.15) is 0 Å². The number of hydrazine groups is 1. The lowest BCUT2D eigenvalue weighted by molar-refractivity contribution is 0.328. The second kappa shape index (κ2) is 2.86. The van der Waals surface area contributed by atoms with Gasteiger partial charge in [0.05, 0.1) is 0 Å². The Morgan fingerprint density at radius 3 is 2.55 bits per heavy atom. The van der Waals surface area contributed by atoms with Crippen LogP contribution in [0.25, 0.3) is 0 Å². The van der Waals surface area contributed by atoms with Crippen LogP contribution in [0.1, 0.15) is 27.2 Å². The van der Waals surface area contributed by atoms with E-state index in [2.05, 4.69) is 38.2 Å². The molecule has 1 unspecified atom stereocenters. The van der Waals surface area contributed by atoms with Crippen LogP contribution >= 0.6 is 0 Å². The average molecular weight is 154 g/mol. The van der Waals surface area contributed by atoms with Gasteiger partial charge in [0.2, 0.25) is 0 Å². The molecule has 2 nitrogen and oxygen atoms in total. The molecule has 2 N–H and O–H groups in total. The van der Waals surface area contributed by atoms with Crippen LogP contribution in [0.2, 0.25) is 0 Å². The van der Waals surface area contributed by atoms with Crippen molar-refractivity contribution in [2.24, 2.45) is 11.3 Å². The average Bonchev–Trinajstić information content (AvgIpc) is 2.12. The zero-order valence-electron chi connectivity index (χ0n) is 7.70. The fraction of sp³-hybridized carbons (Fsp3) is 0.778. The highest BCUT2D eigenvalue weighted by atomic mass is 15.4. The van der Waals surface area contributed by atoms with Crippen LogP contribution in [0, 0.1) is 11.3 Å². The molecule has 1 heterocycles. The molecule has 0 aromatic rings. The summed E-state index contributed by atoms with van der Waals surface area (Å²) < 4.78 is 0. The van der Waals surface area contributed by atoms with E-state index in [1.54, 1.807) is 0 Å². The van der Waals surface area contributed by atoms with Gasteiger partial charge < -0.3 is 5.43 Å². The van der Waals surface area contributed by atoms with E-state index in [-0.39, 0.29) is 0 Å². The summed E-state index contributed by atoms with van der Waals surface area (Å²) in [7, 11) is 0. The van der Waals surface area contributed by atoms with Gasteiger partial charge in [0, 0.05) is 18.2 Å². The second-order valence-electron chi connectivity index (χ2n) is 4.49. The Morgan fingerprint density at radius 1 is 1.55 bits per heavy atom. The third kappa shape index (κ3) is 2.54. The molecule has 2 heteroatoms. The molecule has 0 radical (unpaired) electrons. The number of hydrogen-bond donors (Lipinski definition) is 2. The summed E-state index contributed by atoms with van der Waals surface area (Å²) in [6, 6.07) is 0. The maximum atomic E-state index is 3.95. The fourth-order valence-electron chi connectivity index (χ4n) is 1.45. The Kier molecular flexibility index (Phi) is 2.23. The van der Waals surface area contributed by atoms with E-state index in [1.807, 2.05) is 0 Å². The van der Waals surface area contributed by atoms with Gasteiger partial charge in [-0.25, -0.2) is 5.43 Å². The molecule has 1 fully saturated rings. The molecular formula is C9H18N2. The molecule has 1 aliphatic rings. The van der Waals surface area contributed by atoms with Gasteiger partial charge in [0.1, 0.15) is 0 Å². The summed E-state index contributed by atoms with van der Waals surface area (Å²) in [6.07, 6.45) is 1.20. The first-order valence-corrected chi connectivity index (χ1v) is 4.17. The van der Waals surface area contributed by atoms with Crippen LogP contribution in [0.3, 0.4) is 0 Å². The lowest BCUT2D eigenvalue weighted by Crippen LogP contribution is -2.20. The van der Waals surface area contributed by atoms with Crippen LogP contribution < -0.4 is 10.9 Å². The lowest BCUT2D eigenvalue weighted by atomic mass is 9.84. The van der Waals surface area contributed by atoms with Crippen molar-refractivity contribution >= 4 is 0 Å². The number of hydrogen-bond acceptors (Lipinski definition) is 2. The molecule has 1 atom stereocenters. The second-order valence-corrected chi connectivity index (χ2v) is 4.49. The van der Waals surface area contributed by atoms with Crippen molar-refractivity contribution in [1.82, 2.24) is 10.9 Å². The highest BCUT2D eigenvalue weighted by Gasteiger charge is 2.24. The monoisotopic (exact) mass is 154 g/mol. The Morgan fingerprint density at radius 2 is 2.18 bits per heavy atom. The molecule has 1 aliphatic heterocycles. The normalized spacial score (nSPS) is 25.4. The predicted molar refractivity (Wildman–Crippen MR) is 47.8 cm³/mol. The summed E-state index contributed by atoms with van der Waals surface area (Å²) in [4.78, 5) is 0. The Bertz CT molecular complexity index is 155. The summed E-state index contributed by atoms with van der Waals surface area (Å²) in [5, 5.41) is 0. The van der Waals surface area contributed by atoms with Crippen LogP contribution in [-0.2, 0) is 0 Å². The molecule has 0 bridgehead atoms. The highest BCUT2D eigenvalue weighted by molar-refractivity contribution is 5.03. The zero-order chi connectivity index (χ0) is 8.48. The predicted octanol–water partition coefficient (Wildman–Crippen LogP) is 1.66. The largest absolute Gasteiger partial charge is 0.326 e. The third-order valence-corrected chi connectivity index (χ3v) is 1.95. The van der Waals surface area contributed by atoms with Gasteiger partial charge >= 0.3 is 0 Å². The minimum Gasteiger partial charge on any atom is -0.326 e. The molecular weight excluding hydrogens is 136 g/mol. The summed E-state index contributed by atoms with van der Waals surface area (Å²) >= 11 is 0. The van der Waals surface area contributed by atoms with Crippen molar-refractivity contribution in [1.29, 1.82) is 0 Å². The van der Waals surface area contributed by atoms with Gasteiger partial charge in [-0.1, -0.05) is 27.4 Å². The van der Waals surface area contributed by atoms with Crippen LogP contribution in [0.5, 0.6) is 0 Å². The molecule has 0 spiro atoms. The van der Waals surface area contributed by atoms with Crippen LogP contribution in [0.15, 0.2) is 12.3 Å². The van der Waals surface area contributed by atoms with Crippen molar-refractivity contribution in [2.75, 3.05) is 6.54 Å². The van der Waals surface area contributed by atoms with E-state index in [4.69, 9.17) is 0 Å².